The Balaban J connectivity index is 2.24. The van der Waals surface area contributed by atoms with E-state index in [-0.39, 0.29) is 37.4 Å². The molecular formula is C16H21F2N3O3S. The molecule has 0 aliphatic heterocycles. The molecule has 2 N–H and O–H groups in total. The lowest BCUT2D eigenvalue weighted by Crippen LogP contribution is -2.42. The number of benzene rings is 1. The number of carbonyl (C=O) groups is 1. The molecule has 0 unspecified atom stereocenters. The third-order valence-corrected chi connectivity index (χ3v) is 4.62. The van der Waals surface area contributed by atoms with Crippen LogP contribution in [0.1, 0.15) is 6.92 Å². The molecule has 138 valence electrons. The van der Waals surface area contributed by atoms with Crippen LogP contribution in [0.2, 0.25) is 0 Å². The van der Waals surface area contributed by atoms with Crippen molar-refractivity contribution >= 4 is 28.7 Å². The number of fused-ring (bicyclic) bond motifs is 1. The standard InChI is InChI=1S/C16H21F2N3O3S/c1-16(9-22,10-23)8-20(2)13(24)7-21-12-6-4-3-5-11(12)19-15(21)25-14(17)18/h3-6,14,22-23H,7-10H2,1-2H3. The number of aromatic nitrogens is 2. The number of carbonyl (C=O) groups excluding carboxylic acids is 1. The first kappa shape index (κ1) is 19.6. The Morgan fingerprint density at radius 2 is 2.00 bits per heavy atom. The molecule has 0 saturated heterocycles. The Morgan fingerprint density at radius 3 is 2.60 bits per heavy atom. The summed E-state index contributed by atoms with van der Waals surface area (Å²) in [4.78, 5) is 18.1. The Kier molecular flexibility index (Phi) is 6.36. The summed E-state index contributed by atoms with van der Waals surface area (Å²) < 4.78 is 27.1. The summed E-state index contributed by atoms with van der Waals surface area (Å²) in [7, 11) is 1.55. The van der Waals surface area contributed by atoms with Gasteiger partial charge < -0.3 is 19.7 Å². The van der Waals surface area contributed by atoms with Gasteiger partial charge in [0.25, 0.3) is 5.76 Å². The summed E-state index contributed by atoms with van der Waals surface area (Å²) in [5.74, 6) is -2.97. The second kappa shape index (κ2) is 8.11. The van der Waals surface area contributed by atoms with Gasteiger partial charge in [-0.25, -0.2) is 4.98 Å². The molecule has 0 aliphatic rings. The number of aliphatic hydroxyl groups excluding tert-OH is 2. The van der Waals surface area contributed by atoms with E-state index >= 15 is 0 Å². The lowest BCUT2D eigenvalue weighted by molar-refractivity contribution is -0.132. The van der Waals surface area contributed by atoms with Crippen LogP contribution in [0.15, 0.2) is 29.4 Å². The lowest BCUT2D eigenvalue weighted by Gasteiger charge is -2.30. The fourth-order valence-corrected chi connectivity index (χ4v) is 3.04. The van der Waals surface area contributed by atoms with E-state index in [1.165, 1.54) is 9.47 Å². The second-order valence-corrected chi connectivity index (χ2v) is 7.18. The fourth-order valence-electron chi connectivity index (χ4n) is 2.44. The zero-order valence-electron chi connectivity index (χ0n) is 14.0. The van der Waals surface area contributed by atoms with Gasteiger partial charge in [-0.1, -0.05) is 19.1 Å². The second-order valence-electron chi connectivity index (χ2n) is 6.22. The molecule has 0 bridgehead atoms. The van der Waals surface area contributed by atoms with Crippen molar-refractivity contribution in [2.45, 2.75) is 24.4 Å². The van der Waals surface area contributed by atoms with Crippen LogP contribution >= 0.6 is 11.8 Å². The van der Waals surface area contributed by atoms with Crippen molar-refractivity contribution in [2.24, 2.45) is 5.41 Å². The highest BCUT2D eigenvalue weighted by atomic mass is 32.2. The van der Waals surface area contributed by atoms with Crippen molar-refractivity contribution in [1.82, 2.24) is 14.5 Å². The molecule has 1 heterocycles. The molecule has 0 saturated carbocycles. The molecule has 1 aromatic heterocycles. The smallest absolute Gasteiger partial charge is 0.291 e. The molecule has 25 heavy (non-hydrogen) atoms. The molecule has 9 heteroatoms. The average Bonchev–Trinajstić information content (AvgIpc) is 2.91. The predicted octanol–water partition coefficient (Wildman–Crippen LogP) is 1.80. The van der Waals surface area contributed by atoms with E-state index in [1.54, 1.807) is 38.2 Å². The summed E-state index contributed by atoms with van der Waals surface area (Å²) in [6.07, 6.45) is 0. The van der Waals surface area contributed by atoms with Gasteiger partial charge in [0.1, 0.15) is 6.54 Å². The maximum Gasteiger partial charge on any atom is 0.291 e. The van der Waals surface area contributed by atoms with Crippen LogP contribution in [-0.4, -0.2) is 63.1 Å². The molecule has 0 atom stereocenters. The van der Waals surface area contributed by atoms with Crippen LogP contribution < -0.4 is 0 Å². The molecule has 0 spiro atoms. The Labute approximate surface area is 148 Å². The Bertz CT molecular complexity index is 734. The summed E-state index contributed by atoms with van der Waals surface area (Å²) in [6, 6.07) is 6.92. The fraction of sp³-hybridized carbons (Fsp3) is 0.500. The molecule has 2 rings (SSSR count). The monoisotopic (exact) mass is 373 g/mol. The van der Waals surface area contributed by atoms with Crippen LogP contribution in [0.5, 0.6) is 0 Å². The van der Waals surface area contributed by atoms with Crippen LogP contribution in [-0.2, 0) is 11.3 Å². The molecule has 1 aromatic carbocycles. The largest absolute Gasteiger partial charge is 0.396 e. The first-order chi connectivity index (χ1) is 11.8. The Morgan fingerprint density at radius 1 is 1.36 bits per heavy atom. The maximum absolute atomic E-state index is 12.8. The third kappa shape index (κ3) is 4.68. The molecule has 0 fully saturated rings. The highest BCUT2D eigenvalue weighted by Crippen LogP contribution is 2.28. The number of aliphatic hydroxyl groups is 2. The predicted molar refractivity (Wildman–Crippen MR) is 91.5 cm³/mol. The highest BCUT2D eigenvalue weighted by molar-refractivity contribution is 7.99. The number of para-hydroxylation sites is 2. The number of halogens is 2. The molecular weight excluding hydrogens is 352 g/mol. The molecule has 2 aromatic rings. The summed E-state index contributed by atoms with van der Waals surface area (Å²) >= 11 is 0.294. The first-order valence-electron chi connectivity index (χ1n) is 7.65. The number of alkyl halides is 2. The van der Waals surface area contributed by atoms with Gasteiger partial charge in [-0.3, -0.25) is 4.79 Å². The zero-order valence-corrected chi connectivity index (χ0v) is 14.8. The van der Waals surface area contributed by atoms with Crippen molar-refractivity contribution < 1.29 is 23.8 Å². The Hall–Kier alpha value is -1.71. The van der Waals surface area contributed by atoms with Crippen LogP contribution in [0.25, 0.3) is 11.0 Å². The van der Waals surface area contributed by atoms with E-state index < -0.39 is 11.2 Å². The summed E-state index contributed by atoms with van der Waals surface area (Å²) in [5.41, 5.74) is 0.304. The van der Waals surface area contributed by atoms with Crippen LogP contribution in [0.4, 0.5) is 8.78 Å². The van der Waals surface area contributed by atoms with Crippen LogP contribution in [0, 0.1) is 5.41 Å². The van der Waals surface area contributed by atoms with E-state index in [4.69, 9.17) is 0 Å². The number of nitrogens with zero attached hydrogens (tertiary/aromatic N) is 3. The number of hydrogen-bond acceptors (Lipinski definition) is 5. The van der Waals surface area contributed by atoms with E-state index in [1.807, 2.05) is 0 Å². The summed E-state index contributed by atoms with van der Waals surface area (Å²) in [6.45, 7) is 1.09. The highest BCUT2D eigenvalue weighted by Gasteiger charge is 2.27. The van der Waals surface area contributed by atoms with Crippen LogP contribution in [0.3, 0.4) is 0 Å². The van der Waals surface area contributed by atoms with Crippen molar-refractivity contribution in [3.05, 3.63) is 24.3 Å². The van der Waals surface area contributed by atoms with Gasteiger partial charge >= 0.3 is 0 Å². The topological polar surface area (TPSA) is 78.6 Å². The zero-order chi connectivity index (χ0) is 18.6. The summed E-state index contributed by atoms with van der Waals surface area (Å²) in [5, 5.41) is 18.8. The van der Waals surface area contributed by atoms with E-state index in [0.717, 1.165) is 0 Å². The van der Waals surface area contributed by atoms with E-state index in [2.05, 4.69) is 4.98 Å². The minimum Gasteiger partial charge on any atom is -0.396 e. The number of imidazole rings is 1. The van der Waals surface area contributed by atoms with Gasteiger partial charge in [0.2, 0.25) is 5.91 Å². The minimum atomic E-state index is -2.64. The van der Waals surface area contributed by atoms with Crippen molar-refractivity contribution in [1.29, 1.82) is 0 Å². The molecule has 0 aliphatic carbocycles. The number of hydrogen-bond donors (Lipinski definition) is 2. The molecule has 1 amide bonds. The van der Waals surface area contributed by atoms with Crippen molar-refractivity contribution in [2.75, 3.05) is 26.8 Å². The van der Waals surface area contributed by atoms with Gasteiger partial charge in [0, 0.05) is 19.0 Å². The first-order valence-corrected chi connectivity index (χ1v) is 8.53. The number of likely N-dealkylation sites (N-methyl/N-ethyl adjacent to an activating group) is 1. The maximum atomic E-state index is 12.8. The number of thioether (sulfide) groups is 1. The molecule has 0 radical (unpaired) electrons. The van der Waals surface area contributed by atoms with Crippen molar-refractivity contribution in [3.8, 4) is 0 Å². The molecule has 6 nitrogen and oxygen atoms in total. The van der Waals surface area contributed by atoms with Gasteiger partial charge in [0.05, 0.1) is 24.2 Å². The SMILES string of the molecule is CN(CC(C)(CO)CO)C(=O)Cn1c(SC(F)F)nc2ccccc21. The van der Waals surface area contributed by atoms with Gasteiger partial charge in [0.15, 0.2) is 5.16 Å². The quantitative estimate of drug-likeness (QED) is 0.690. The lowest BCUT2D eigenvalue weighted by atomic mass is 9.92. The number of rotatable bonds is 8. The normalized spacial score (nSPS) is 12.1. The number of amides is 1. The average molecular weight is 373 g/mol. The van der Waals surface area contributed by atoms with E-state index in [9.17, 15) is 23.8 Å². The van der Waals surface area contributed by atoms with Gasteiger partial charge in [-0.15, -0.1) is 0 Å². The minimum absolute atomic E-state index is 0.0741. The van der Waals surface area contributed by atoms with Gasteiger partial charge in [-0.2, -0.15) is 8.78 Å². The van der Waals surface area contributed by atoms with Gasteiger partial charge in [-0.05, 0) is 23.9 Å². The van der Waals surface area contributed by atoms with Crippen molar-refractivity contribution in [3.63, 3.8) is 0 Å². The van der Waals surface area contributed by atoms with E-state index in [0.29, 0.717) is 22.8 Å². The third-order valence-electron chi connectivity index (χ3n) is 3.92.